The Morgan fingerprint density at radius 1 is 0.500 bits per heavy atom. The Bertz CT molecular complexity index is 2090. The van der Waals surface area contributed by atoms with Gasteiger partial charge in [0.1, 0.15) is 0 Å². The van der Waals surface area contributed by atoms with Gasteiger partial charge in [-0.25, -0.2) is 9.97 Å². The van der Waals surface area contributed by atoms with Crippen molar-refractivity contribution in [2.75, 3.05) is 0 Å². The summed E-state index contributed by atoms with van der Waals surface area (Å²) in [5, 5.41) is 2.50. The van der Waals surface area contributed by atoms with Gasteiger partial charge in [0.2, 0.25) is 0 Å². The summed E-state index contributed by atoms with van der Waals surface area (Å²) in [5.74, 6) is 0.731. The predicted octanol–water partition coefficient (Wildman–Crippen LogP) is 9.79. The largest absolute Gasteiger partial charge is 0.308 e. The monoisotopic (exact) mass is 529 g/mol. The van der Waals surface area contributed by atoms with E-state index in [9.17, 15) is 0 Å². The second kappa shape index (κ2) is 9.30. The summed E-state index contributed by atoms with van der Waals surface area (Å²) in [4.78, 5) is 10.1. The number of hydrogen-bond donors (Lipinski definition) is 0. The molecule has 0 saturated carbocycles. The Hall–Kier alpha value is -5.06. The highest BCUT2D eigenvalue weighted by molar-refractivity contribution is 7.27. The molecule has 4 heteroatoms. The first-order chi connectivity index (χ1) is 19.8. The van der Waals surface area contributed by atoms with Crippen LogP contribution in [0.1, 0.15) is 0 Å². The second-order valence-corrected chi connectivity index (χ2v) is 10.9. The summed E-state index contributed by atoms with van der Waals surface area (Å²) in [6.07, 6.45) is 0. The standard InChI is InChI=1S/C36H23N3S/c1-4-13-24(14-5-1)30-23-31(38-36(37-30)25-15-6-2-7-16-25)27-20-12-21-29-33-35(40-34(27)29)28-19-10-11-22-32(28)39(33)26-17-8-3-9-18-26/h1-23H. The van der Waals surface area contributed by atoms with Gasteiger partial charge in [-0.1, -0.05) is 115 Å². The van der Waals surface area contributed by atoms with Crippen LogP contribution in [0.3, 0.4) is 0 Å². The van der Waals surface area contributed by atoms with Gasteiger partial charge in [-0.15, -0.1) is 11.3 Å². The molecule has 0 N–H and O–H groups in total. The molecule has 0 aliphatic heterocycles. The molecule has 8 rings (SSSR count). The molecule has 0 amide bonds. The molecule has 3 heterocycles. The van der Waals surface area contributed by atoms with Crippen LogP contribution in [0.15, 0.2) is 140 Å². The molecule has 8 aromatic rings. The van der Waals surface area contributed by atoms with E-state index in [-0.39, 0.29) is 0 Å². The molecule has 0 spiro atoms. The summed E-state index contributed by atoms with van der Waals surface area (Å²) >= 11 is 1.85. The van der Waals surface area contributed by atoms with Crippen molar-refractivity contribution in [1.29, 1.82) is 0 Å². The van der Waals surface area contributed by atoms with Crippen LogP contribution >= 0.6 is 11.3 Å². The minimum absolute atomic E-state index is 0.731. The lowest BCUT2D eigenvalue weighted by Gasteiger charge is -2.11. The van der Waals surface area contributed by atoms with Gasteiger partial charge in [0, 0.05) is 37.9 Å². The van der Waals surface area contributed by atoms with E-state index in [2.05, 4.69) is 120 Å². The van der Waals surface area contributed by atoms with E-state index in [4.69, 9.17) is 9.97 Å². The first kappa shape index (κ1) is 22.9. The molecule has 40 heavy (non-hydrogen) atoms. The van der Waals surface area contributed by atoms with Crippen LogP contribution in [0, 0.1) is 0 Å². The first-order valence-corrected chi connectivity index (χ1v) is 14.2. The third-order valence-electron chi connectivity index (χ3n) is 7.42. The van der Waals surface area contributed by atoms with Crippen molar-refractivity contribution >= 4 is 42.5 Å². The van der Waals surface area contributed by atoms with Crippen LogP contribution < -0.4 is 0 Å². The van der Waals surface area contributed by atoms with Crippen molar-refractivity contribution < 1.29 is 0 Å². The minimum atomic E-state index is 0.731. The smallest absolute Gasteiger partial charge is 0.160 e. The highest BCUT2D eigenvalue weighted by Crippen LogP contribution is 2.45. The fourth-order valence-corrected chi connectivity index (χ4v) is 6.94. The Morgan fingerprint density at radius 2 is 1.12 bits per heavy atom. The second-order valence-electron chi connectivity index (χ2n) is 9.84. The summed E-state index contributed by atoms with van der Waals surface area (Å²) < 4.78 is 4.93. The Balaban J connectivity index is 1.43. The Morgan fingerprint density at radius 3 is 1.90 bits per heavy atom. The molecule has 0 atom stereocenters. The van der Waals surface area contributed by atoms with Gasteiger partial charge in [0.15, 0.2) is 5.82 Å². The van der Waals surface area contributed by atoms with Crippen molar-refractivity contribution in [2.24, 2.45) is 0 Å². The quantitative estimate of drug-likeness (QED) is 0.227. The first-order valence-electron chi connectivity index (χ1n) is 13.4. The topological polar surface area (TPSA) is 30.7 Å². The van der Waals surface area contributed by atoms with Gasteiger partial charge in [-0.05, 0) is 24.3 Å². The van der Waals surface area contributed by atoms with E-state index in [0.717, 1.165) is 33.9 Å². The zero-order chi connectivity index (χ0) is 26.5. The zero-order valence-electron chi connectivity index (χ0n) is 21.5. The van der Waals surface area contributed by atoms with E-state index >= 15 is 0 Å². The van der Waals surface area contributed by atoms with Gasteiger partial charge in [-0.3, -0.25) is 0 Å². The van der Waals surface area contributed by atoms with Crippen LogP contribution in [0.25, 0.3) is 70.8 Å². The highest BCUT2D eigenvalue weighted by atomic mass is 32.1. The number of aromatic nitrogens is 3. The number of para-hydroxylation sites is 2. The van der Waals surface area contributed by atoms with Gasteiger partial charge >= 0.3 is 0 Å². The van der Waals surface area contributed by atoms with E-state index < -0.39 is 0 Å². The van der Waals surface area contributed by atoms with E-state index in [1.54, 1.807) is 0 Å². The Labute approximate surface area is 235 Å². The summed E-state index contributed by atoms with van der Waals surface area (Å²) in [7, 11) is 0. The molecule has 0 aliphatic rings. The van der Waals surface area contributed by atoms with Crippen LogP contribution in [-0.2, 0) is 0 Å². The summed E-state index contributed by atoms with van der Waals surface area (Å²) in [5.41, 5.74) is 8.69. The predicted molar refractivity (Wildman–Crippen MR) is 168 cm³/mol. The van der Waals surface area contributed by atoms with E-state index in [1.165, 1.54) is 36.9 Å². The van der Waals surface area contributed by atoms with Gasteiger partial charge in [0.25, 0.3) is 0 Å². The summed E-state index contributed by atoms with van der Waals surface area (Å²) in [6, 6.07) is 48.7. The number of nitrogens with zero attached hydrogens (tertiary/aromatic N) is 3. The zero-order valence-corrected chi connectivity index (χ0v) is 22.3. The maximum absolute atomic E-state index is 5.14. The number of thiophene rings is 1. The lowest BCUT2D eigenvalue weighted by atomic mass is 10.0. The molecule has 0 radical (unpaired) electrons. The SMILES string of the molecule is c1ccc(-c2cc(-c3cccc4c3sc3c5ccccc5n(-c5ccccc5)c43)nc(-c3ccccc3)n2)cc1. The molecule has 3 nitrogen and oxygen atoms in total. The van der Waals surface area contributed by atoms with Crippen molar-refractivity contribution in [2.45, 2.75) is 0 Å². The van der Waals surface area contributed by atoms with Crippen molar-refractivity contribution in [1.82, 2.24) is 14.5 Å². The van der Waals surface area contributed by atoms with Crippen molar-refractivity contribution in [3.63, 3.8) is 0 Å². The summed E-state index contributed by atoms with van der Waals surface area (Å²) in [6.45, 7) is 0. The van der Waals surface area contributed by atoms with Gasteiger partial charge in [0.05, 0.1) is 27.1 Å². The number of hydrogen-bond acceptors (Lipinski definition) is 3. The fourth-order valence-electron chi connectivity index (χ4n) is 5.60. The number of fused-ring (bicyclic) bond motifs is 5. The lowest BCUT2D eigenvalue weighted by molar-refractivity contribution is 1.18. The Kier molecular flexibility index (Phi) is 5.32. The normalized spacial score (nSPS) is 11.5. The molecule has 0 unspecified atom stereocenters. The molecule has 0 bridgehead atoms. The van der Waals surface area contributed by atoms with E-state index in [1.807, 2.05) is 35.6 Å². The third-order valence-corrected chi connectivity index (χ3v) is 8.68. The maximum atomic E-state index is 5.14. The van der Waals surface area contributed by atoms with Gasteiger partial charge < -0.3 is 4.57 Å². The lowest BCUT2D eigenvalue weighted by Crippen LogP contribution is -1.96. The highest BCUT2D eigenvalue weighted by Gasteiger charge is 2.20. The molecule has 188 valence electrons. The maximum Gasteiger partial charge on any atom is 0.160 e. The third kappa shape index (κ3) is 3.65. The number of benzene rings is 5. The van der Waals surface area contributed by atoms with Crippen molar-refractivity contribution in [3.8, 4) is 39.6 Å². The molecule has 0 saturated heterocycles. The minimum Gasteiger partial charge on any atom is -0.308 e. The molecule has 0 fully saturated rings. The molecule has 3 aromatic heterocycles. The van der Waals surface area contributed by atoms with Crippen LogP contribution in [0.4, 0.5) is 0 Å². The molecular formula is C36H23N3S. The number of rotatable bonds is 4. The van der Waals surface area contributed by atoms with Crippen LogP contribution in [0.2, 0.25) is 0 Å². The molecular weight excluding hydrogens is 506 g/mol. The van der Waals surface area contributed by atoms with Gasteiger partial charge in [-0.2, -0.15) is 0 Å². The van der Waals surface area contributed by atoms with Crippen molar-refractivity contribution in [3.05, 3.63) is 140 Å². The molecule has 0 aliphatic carbocycles. The fraction of sp³-hybridized carbons (Fsp3) is 0. The molecule has 5 aromatic carbocycles. The van der Waals surface area contributed by atoms with Crippen LogP contribution in [-0.4, -0.2) is 14.5 Å². The average Bonchev–Trinajstić information content (AvgIpc) is 3.57. The average molecular weight is 530 g/mol. The van der Waals surface area contributed by atoms with E-state index in [0.29, 0.717) is 0 Å². The van der Waals surface area contributed by atoms with Crippen LogP contribution in [0.5, 0.6) is 0 Å².